The molecule has 0 amide bonds. The van der Waals surface area contributed by atoms with Crippen LogP contribution < -0.4 is 0 Å². The first kappa shape index (κ1) is 15.5. The fourth-order valence-electron chi connectivity index (χ4n) is 1.65. The highest BCUT2D eigenvalue weighted by Gasteiger charge is 2.22. The predicted molar refractivity (Wildman–Crippen MR) is 75.8 cm³/mol. The normalized spacial score (nSPS) is 13.1. The number of imidazole rings is 1. The van der Waals surface area contributed by atoms with Gasteiger partial charge in [-0.2, -0.15) is 0 Å². The molecule has 106 valence electrons. The van der Waals surface area contributed by atoms with Gasteiger partial charge in [0.25, 0.3) is 0 Å². The summed E-state index contributed by atoms with van der Waals surface area (Å²) >= 11 is 0. The number of ether oxygens (including phenoxy) is 1. The average molecular weight is 264 g/mol. The molecular formula is C15H24N2O2. The summed E-state index contributed by atoms with van der Waals surface area (Å²) < 4.78 is 5.45. The number of esters is 1. The van der Waals surface area contributed by atoms with Crippen molar-refractivity contribution >= 4 is 5.97 Å². The van der Waals surface area contributed by atoms with Gasteiger partial charge in [-0.15, -0.1) is 0 Å². The molecule has 1 atom stereocenters. The molecule has 0 fully saturated rings. The van der Waals surface area contributed by atoms with Crippen molar-refractivity contribution < 1.29 is 9.53 Å². The smallest absolute Gasteiger partial charge is 0.333 e. The minimum absolute atomic E-state index is 0.0482. The zero-order chi connectivity index (χ0) is 14.6. The second-order valence-corrected chi connectivity index (χ2v) is 5.90. The lowest BCUT2D eigenvalue weighted by Crippen LogP contribution is -2.15. The van der Waals surface area contributed by atoms with Crippen molar-refractivity contribution in [3.05, 3.63) is 29.9 Å². The number of nitrogens with zero attached hydrogens (tertiary/aromatic N) is 1. The van der Waals surface area contributed by atoms with E-state index >= 15 is 0 Å². The van der Waals surface area contributed by atoms with Crippen LogP contribution in [-0.4, -0.2) is 15.9 Å². The Kier molecular flexibility index (Phi) is 4.92. The van der Waals surface area contributed by atoms with E-state index in [1.807, 2.05) is 0 Å². The van der Waals surface area contributed by atoms with Gasteiger partial charge in [-0.3, -0.25) is 0 Å². The summed E-state index contributed by atoms with van der Waals surface area (Å²) in [6, 6.07) is 0. The molecule has 0 saturated carbocycles. The maximum Gasteiger partial charge on any atom is 0.333 e. The molecule has 1 heterocycles. The Morgan fingerprint density at radius 2 is 2.16 bits per heavy atom. The number of aromatic nitrogens is 2. The number of rotatable bonds is 5. The molecule has 19 heavy (non-hydrogen) atoms. The van der Waals surface area contributed by atoms with Crippen LogP contribution >= 0.6 is 0 Å². The summed E-state index contributed by atoms with van der Waals surface area (Å²) in [7, 11) is 0. The number of hydrogen-bond acceptors (Lipinski definition) is 3. The minimum Gasteiger partial charge on any atom is -0.453 e. The van der Waals surface area contributed by atoms with Crippen molar-refractivity contribution in [3.8, 4) is 0 Å². The molecule has 0 radical (unpaired) electrons. The van der Waals surface area contributed by atoms with Gasteiger partial charge < -0.3 is 9.72 Å². The van der Waals surface area contributed by atoms with Crippen LogP contribution in [-0.2, 0) is 14.9 Å². The van der Waals surface area contributed by atoms with E-state index in [1.54, 1.807) is 13.1 Å². The Hall–Kier alpha value is -1.58. The Morgan fingerprint density at radius 3 is 2.58 bits per heavy atom. The number of nitrogens with one attached hydrogen (secondary N) is 1. The van der Waals surface area contributed by atoms with E-state index < -0.39 is 0 Å². The van der Waals surface area contributed by atoms with Crippen molar-refractivity contribution in [1.29, 1.82) is 0 Å². The first-order valence-corrected chi connectivity index (χ1v) is 6.67. The summed E-state index contributed by atoms with van der Waals surface area (Å²) in [6.45, 7) is 13.6. The fourth-order valence-corrected chi connectivity index (χ4v) is 1.65. The molecule has 1 N–H and O–H groups in total. The van der Waals surface area contributed by atoms with Gasteiger partial charge in [0.1, 0.15) is 11.9 Å². The molecule has 0 aliphatic rings. The highest BCUT2D eigenvalue weighted by molar-refractivity contribution is 5.87. The van der Waals surface area contributed by atoms with Crippen molar-refractivity contribution in [2.45, 2.75) is 59.0 Å². The molecule has 1 aromatic rings. The van der Waals surface area contributed by atoms with Gasteiger partial charge >= 0.3 is 5.97 Å². The van der Waals surface area contributed by atoms with Crippen LogP contribution in [0.5, 0.6) is 0 Å². The first-order chi connectivity index (χ1) is 8.75. The van der Waals surface area contributed by atoms with E-state index in [4.69, 9.17) is 4.74 Å². The van der Waals surface area contributed by atoms with E-state index in [9.17, 15) is 4.79 Å². The monoisotopic (exact) mass is 264 g/mol. The summed E-state index contributed by atoms with van der Waals surface area (Å²) in [6.07, 6.45) is 3.17. The third-order valence-corrected chi connectivity index (χ3v) is 2.80. The quantitative estimate of drug-likeness (QED) is 0.652. The van der Waals surface area contributed by atoms with E-state index in [0.717, 1.165) is 24.4 Å². The van der Waals surface area contributed by atoms with Crippen LogP contribution in [0, 0.1) is 0 Å². The maximum absolute atomic E-state index is 11.6. The zero-order valence-corrected chi connectivity index (χ0v) is 12.5. The second-order valence-electron chi connectivity index (χ2n) is 5.90. The largest absolute Gasteiger partial charge is 0.453 e. The van der Waals surface area contributed by atoms with Gasteiger partial charge in [-0.1, -0.05) is 40.7 Å². The molecule has 1 rings (SSSR count). The standard InChI is InChI=1S/C15H24N2O2/c1-7-8-12(19-13(18)10(2)3)11-9-16-14(17-11)15(4,5)6/h9,12H,2,7-8H2,1,3-6H3,(H,16,17). The van der Waals surface area contributed by atoms with E-state index in [2.05, 4.69) is 44.2 Å². The van der Waals surface area contributed by atoms with Crippen molar-refractivity contribution in [1.82, 2.24) is 9.97 Å². The molecule has 0 bridgehead atoms. The minimum atomic E-state index is -0.356. The highest BCUT2D eigenvalue weighted by atomic mass is 16.5. The van der Waals surface area contributed by atoms with E-state index in [-0.39, 0.29) is 17.5 Å². The number of hydrogen-bond donors (Lipinski definition) is 1. The van der Waals surface area contributed by atoms with Crippen LogP contribution in [0.1, 0.15) is 65.1 Å². The Labute approximate surface area is 115 Å². The Balaban J connectivity index is 2.90. The molecule has 0 aromatic carbocycles. The summed E-state index contributed by atoms with van der Waals surface area (Å²) in [5.41, 5.74) is 1.21. The molecule has 0 saturated heterocycles. The molecule has 1 unspecified atom stereocenters. The predicted octanol–water partition coefficient (Wildman–Crippen LogP) is 3.67. The average Bonchev–Trinajstić information content (AvgIpc) is 2.76. The fraction of sp³-hybridized carbons (Fsp3) is 0.600. The maximum atomic E-state index is 11.6. The van der Waals surface area contributed by atoms with E-state index in [1.165, 1.54) is 0 Å². The lowest BCUT2D eigenvalue weighted by Gasteiger charge is -2.17. The first-order valence-electron chi connectivity index (χ1n) is 6.67. The van der Waals surface area contributed by atoms with Gasteiger partial charge in [-0.05, 0) is 13.3 Å². The SMILES string of the molecule is C=C(C)C(=O)OC(CCC)c1cnc(C(C)(C)C)[nH]1. The summed E-state index contributed by atoms with van der Waals surface area (Å²) in [4.78, 5) is 19.3. The molecule has 4 heteroatoms. The van der Waals surface area contributed by atoms with Crippen LogP contribution in [0.25, 0.3) is 0 Å². The summed E-state index contributed by atoms with van der Waals surface area (Å²) in [5.74, 6) is 0.542. The zero-order valence-electron chi connectivity index (χ0n) is 12.5. The third-order valence-electron chi connectivity index (χ3n) is 2.80. The molecule has 1 aromatic heterocycles. The molecule has 4 nitrogen and oxygen atoms in total. The van der Waals surface area contributed by atoms with E-state index in [0.29, 0.717) is 5.57 Å². The number of aromatic amines is 1. The van der Waals surface area contributed by atoms with Crippen LogP contribution in [0.3, 0.4) is 0 Å². The van der Waals surface area contributed by atoms with Crippen molar-refractivity contribution in [2.75, 3.05) is 0 Å². The lowest BCUT2D eigenvalue weighted by molar-refractivity contribution is -0.145. The molecular weight excluding hydrogens is 240 g/mol. The molecule has 0 aliphatic carbocycles. The number of H-pyrrole nitrogens is 1. The second kappa shape index (κ2) is 6.04. The van der Waals surface area contributed by atoms with Gasteiger partial charge in [0, 0.05) is 11.0 Å². The van der Waals surface area contributed by atoms with Gasteiger partial charge in [0.15, 0.2) is 0 Å². The molecule has 0 aliphatic heterocycles. The summed E-state index contributed by atoms with van der Waals surface area (Å²) in [5, 5.41) is 0. The Bertz CT molecular complexity index is 455. The van der Waals surface area contributed by atoms with Gasteiger partial charge in [0.2, 0.25) is 0 Å². The van der Waals surface area contributed by atoms with Crippen LogP contribution in [0.2, 0.25) is 0 Å². The lowest BCUT2D eigenvalue weighted by atomic mass is 9.96. The van der Waals surface area contributed by atoms with Gasteiger partial charge in [-0.25, -0.2) is 9.78 Å². The number of carbonyl (C=O) groups excluding carboxylic acids is 1. The number of carbonyl (C=O) groups is 1. The third kappa shape index (κ3) is 4.23. The van der Waals surface area contributed by atoms with Crippen LogP contribution in [0.15, 0.2) is 18.3 Å². The topological polar surface area (TPSA) is 55.0 Å². The van der Waals surface area contributed by atoms with Crippen LogP contribution in [0.4, 0.5) is 0 Å². The van der Waals surface area contributed by atoms with Crippen molar-refractivity contribution in [3.63, 3.8) is 0 Å². The van der Waals surface area contributed by atoms with Crippen molar-refractivity contribution in [2.24, 2.45) is 0 Å². The highest BCUT2D eigenvalue weighted by Crippen LogP contribution is 2.25. The Morgan fingerprint density at radius 1 is 1.53 bits per heavy atom. The molecule has 0 spiro atoms. The van der Waals surface area contributed by atoms with Gasteiger partial charge in [0.05, 0.1) is 11.9 Å².